The van der Waals surface area contributed by atoms with Crippen molar-refractivity contribution >= 4 is 22.6 Å². The highest BCUT2D eigenvalue weighted by Gasteiger charge is 2.15. The molecule has 2 rings (SSSR count). The molecule has 1 N–H and O–H groups in total. The minimum absolute atomic E-state index is 0.0247. The van der Waals surface area contributed by atoms with Gasteiger partial charge in [-0.05, 0) is 18.9 Å². The molecule has 126 valence electrons. The molecule has 23 heavy (non-hydrogen) atoms. The molecule has 0 unspecified atom stereocenters. The fourth-order valence-corrected chi connectivity index (χ4v) is 2.77. The van der Waals surface area contributed by atoms with E-state index in [0.717, 1.165) is 49.1 Å². The number of carbonyl (C=O) groups excluding carboxylic acids is 1. The van der Waals surface area contributed by atoms with Crippen molar-refractivity contribution < 1.29 is 9.53 Å². The molecule has 0 bridgehead atoms. The molecule has 0 atom stereocenters. The van der Waals surface area contributed by atoms with Gasteiger partial charge in [0, 0.05) is 38.3 Å². The Morgan fingerprint density at radius 1 is 1.22 bits per heavy atom. The van der Waals surface area contributed by atoms with Gasteiger partial charge in [-0.2, -0.15) is 0 Å². The van der Waals surface area contributed by atoms with Crippen molar-refractivity contribution in [2.24, 2.45) is 0 Å². The number of methoxy groups -OCH3 is 1. The van der Waals surface area contributed by atoms with E-state index in [1.165, 1.54) is 0 Å². The summed E-state index contributed by atoms with van der Waals surface area (Å²) in [7, 11) is 1.70. The molecule has 1 heterocycles. The number of fused-ring (bicyclic) bond motifs is 1. The van der Waals surface area contributed by atoms with Gasteiger partial charge >= 0.3 is 6.03 Å². The van der Waals surface area contributed by atoms with Crippen molar-refractivity contribution in [3.05, 3.63) is 30.5 Å². The Morgan fingerprint density at radius 2 is 1.91 bits per heavy atom. The zero-order valence-corrected chi connectivity index (χ0v) is 14.3. The van der Waals surface area contributed by atoms with E-state index in [2.05, 4.69) is 29.8 Å². The van der Waals surface area contributed by atoms with Crippen LogP contribution in [-0.4, -0.2) is 42.3 Å². The zero-order chi connectivity index (χ0) is 16.7. The van der Waals surface area contributed by atoms with E-state index >= 15 is 0 Å². The Labute approximate surface area is 138 Å². The smallest absolute Gasteiger partial charge is 0.321 e. The summed E-state index contributed by atoms with van der Waals surface area (Å²) in [6.45, 7) is 7.15. The molecule has 0 spiro atoms. The number of hydrogen-bond acceptors (Lipinski definition) is 2. The molecule has 0 fully saturated rings. The van der Waals surface area contributed by atoms with E-state index in [0.29, 0.717) is 6.61 Å². The number of carbonyl (C=O) groups is 1. The molecule has 0 saturated carbocycles. The third-order valence-corrected chi connectivity index (χ3v) is 3.84. The Bertz CT molecular complexity index is 630. The first-order valence-electron chi connectivity index (χ1n) is 8.34. The first-order valence-corrected chi connectivity index (χ1v) is 8.34. The van der Waals surface area contributed by atoms with Crippen molar-refractivity contribution in [2.75, 3.05) is 32.1 Å². The third kappa shape index (κ3) is 4.26. The summed E-state index contributed by atoms with van der Waals surface area (Å²) >= 11 is 0. The first-order chi connectivity index (χ1) is 11.2. The van der Waals surface area contributed by atoms with E-state index in [1.54, 1.807) is 7.11 Å². The minimum atomic E-state index is -0.0247. The van der Waals surface area contributed by atoms with Gasteiger partial charge in [0.2, 0.25) is 0 Å². The zero-order valence-electron chi connectivity index (χ0n) is 14.3. The molecule has 0 radical (unpaired) electrons. The molecular formula is C18H27N3O2. The number of ether oxygens (including phenoxy) is 1. The highest BCUT2D eigenvalue weighted by atomic mass is 16.5. The number of hydrogen-bond donors (Lipinski definition) is 1. The van der Waals surface area contributed by atoms with E-state index in [-0.39, 0.29) is 6.03 Å². The lowest BCUT2D eigenvalue weighted by atomic mass is 10.2. The second kappa shape index (κ2) is 8.58. The lowest BCUT2D eigenvalue weighted by Crippen LogP contribution is -2.36. The van der Waals surface area contributed by atoms with Crippen LogP contribution in [0, 0.1) is 0 Å². The van der Waals surface area contributed by atoms with Gasteiger partial charge in [0.15, 0.2) is 0 Å². The average Bonchev–Trinajstić information content (AvgIpc) is 2.91. The second-order valence-electron chi connectivity index (χ2n) is 5.66. The summed E-state index contributed by atoms with van der Waals surface area (Å²) < 4.78 is 7.29. The van der Waals surface area contributed by atoms with E-state index in [1.807, 2.05) is 29.3 Å². The van der Waals surface area contributed by atoms with Crippen LogP contribution < -0.4 is 5.32 Å². The largest absolute Gasteiger partial charge is 0.383 e. The van der Waals surface area contributed by atoms with Crippen LogP contribution in [0.2, 0.25) is 0 Å². The van der Waals surface area contributed by atoms with Gasteiger partial charge in [-0.1, -0.05) is 32.0 Å². The Hall–Kier alpha value is -2.01. The number of para-hydroxylation sites is 1. The van der Waals surface area contributed by atoms with Crippen LogP contribution >= 0.6 is 0 Å². The Morgan fingerprint density at radius 3 is 2.57 bits per heavy atom. The Kier molecular flexibility index (Phi) is 6.47. The number of nitrogens with one attached hydrogen (secondary N) is 1. The summed E-state index contributed by atoms with van der Waals surface area (Å²) in [5.41, 5.74) is 1.97. The van der Waals surface area contributed by atoms with Crippen molar-refractivity contribution in [3.8, 4) is 0 Å². The monoisotopic (exact) mass is 317 g/mol. The van der Waals surface area contributed by atoms with Gasteiger partial charge < -0.3 is 19.5 Å². The number of amides is 2. The maximum Gasteiger partial charge on any atom is 0.321 e. The third-order valence-electron chi connectivity index (χ3n) is 3.84. The highest BCUT2D eigenvalue weighted by molar-refractivity contribution is 6.01. The topological polar surface area (TPSA) is 46.5 Å². The molecular weight excluding hydrogens is 290 g/mol. The van der Waals surface area contributed by atoms with E-state index in [4.69, 9.17) is 4.74 Å². The fourth-order valence-electron chi connectivity index (χ4n) is 2.77. The second-order valence-corrected chi connectivity index (χ2v) is 5.66. The summed E-state index contributed by atoms with van der Waals surface area (Å²) in [5.74, 6) is 0. The highest BCUT2D eigenvalue weighted by Crippen LogP contribution is 2.26. The lowest BCUT2D eigenvalue weighted by Gasteiger charge is -2.21. The molecule has 2 aromatic rings. The molecule has 0 aliphatic carbocycles. The van der Waals surface area contributed by atoms with Crippen molar-refractivity contribution in [1.29, 1.82) is 0 Å². The molecule has 0 aliphatic rings. The minimum Gasteiger partial charge on any atom is -0.383 e. The van der Waals surface area contributed by atoms with Crippen molar-refractivity contribution in [1.82, 2.24) is 9.47 Å². The quantitative estimate of drug-likeness (QED) is 0.801. The van der Waals surface area contributed by atoms with Crippen LogP contribution in [0.4, 0.5) is 10.5 Å². The van der Waals surface area contributed by atoms with Crippen LogP contribution in [0.15, 0.2) is 30.5 Å². The van der Waals surface area contributed by atoms with E-state index in [9.17, 15) is 4.79 Å². The summed E-state index contributed by atoms with van der Waals surface area (Å²) in [5, 5.41) is 4.14. The first kappa shape index (κ1) is 17.3. The van der Waals surface area contributed by atoms with Gasteiger partial charge in [0.25, 0.3) is 0 Å². The molecule has 1 aromatic heterocycles. The number of nitrogens with zero attached hydrogens (tertiary/aromatic N) is 2. The standard InChI is InChI=1S/C18H27N3O2/c1-4-10-20(11-5-2)18(22)19-16-14-21(12-13-23-3)17-9-7-6-8-15(16)17/h6-9,14H,4-5,10-13H2,1-3H3,(H,19,22). The van der Waals surface area contributed by atoms with Crippen LogP contribution in [-0.2, 0) is 11.3 Å². The average molecular weight is 317 g/mol. The molecule has 2 amide bonds. The summed E-state index contributed by atoms with van der Waals surface area (Å²) in [4.78, 5) is 14.4. The van der Waals surface area contributed by atoms with Crippen molar-refractivity contribution in [2.45, 2.75) is 33.2 Å². The van der Waals surface area contributed by atoms with Gasteiger partial charge in [-0.25, -0.2) is 4.79 Å². The predicted molar refractivity (Wildman–Crippen MR) is 95.0 cm³/mol. The van der Waals surface area contributed by atoms with Crippen molar-refractivity contribution in [3.63, 3.8) is 0 Å². The summed E-state index contributed by atoms with van der Waals surface area (Å²) in [6, 6.07) is 8.09. The van der Waals surface area contributed by atoms with Crippen LogP contribution in [0.5, 0.6) is 0 Å². The van der Waals surface area contributed by atoms with Gasteiger partial charge in [-0.15, -0.1) is 0 Å². The van der Waals surface area contributed by atoms with Gasteiger partial charge in [0.05, 0.1) is 17.8 Å². The molecule has 5 heteroatoms. The van der Waals surface area contributed by atoms with Crippen LogP contribution in [0.25, 0.3) is 10.9 Å². The molecule has 0 aliphatic heterocycles. The number of aromatic nitrogens is 1. The maximum atomic E-state index is 12.5. The predicted octanol–water partition coefficient (Wildman–Crippen LogP) is 3.94. The number of benzene rings is 1. The maximum absolute atomic E-state index is 12.5. The molecule has 0 saturated heterocycles. The molecule has 1 aromatic carbocycles. The number of anilines is 1. The number of urea groups is 1. The Balaban J connectivity index is 2.23. The van der Waals surface area contributed by atoms with Crippen LogP contribution in [0.1, 0.15) is 26.7 Å². The normalized spacial score (nSPS) is 10.9. The lowest BCUT2D eigenvalue weighted by molar-refractivity contribution is 0.188. The summed E-state index contributed by atoms with van der Waals surface area (Å²) in [6.07, 6.45) is 3.92. The fraction of sp³-hybridized carbons (Fsp3) is 0.500. The van der Waals surface area contributed by atoms with E-state index < -0.39 is 0 Å². The van der Waals surface area contributed by atoms with Crippen LogP contribution in [0.3, 0.4) is 0 Å². The van der Waals surface area contributed by atoms with Gasteiger partial charge in [-0.3, -0.25) is 0 Å². The SMILES string of the molecule is CCCN(CCC)C(=O)Nc1cn(CCOC)c2ccccc12. The molecule has 5 nitrogen and oxygen atoms in total. The number of rotatable bonds is 8. The van der Waals surface area contributed by atoms with Gasteiger partial charge in [0.1, 0.15) is 0 Å².